The number of hydrogen-bond donors (Lipinski definition) is 0. The van der Waals surface area contributed by atoms with Gasteiger partial charge in [0.15, 0.2) is 0 Å². The van der Waals surface area contributed by atoms with Gasteiger partial charge in [-0.3, -0.25) is 14.3 Å². The van der Waals surface area contributed by atoms with Gasteiger partial charge in [-0.1, -0.05) is 6.07 Å². The lowest BCUT2D eigenvalue weighted by Crippen LogP contribution is -2.48. The number of aromatic nitrogens is 4. The molecular weight excluding hydrogens is 387 g/mol. The van der Waals surface area contributed by atoms with Gasteiger partial charge in [-0.15, -0.1) is 0 Å². The number of halogens is 1. The molecule has 156 valence electrons. The van der Waals surface area contributed by atoms with Gasteiger partial charge in [-0.2, -0.15) is 0 Å². The van der Waals surface area contributed by atoms with Crippen molar-refractivity contribution < 1.29 is 9.13 Å². The monoisotopic (exact) mass is 410 g/mol. The average molecular weight is 410 g/mol. The van der Waals surface area contributed by atoms with Crippen LogP contribution in [0, 0.1) is 5.82 Å². The molecule has 0 aliphatic carbocycles. The standard InChI is InChI=1S/C21H23FN6O2/c1-26-8-9-28(12-18(26)15-5-4-14(22)10-19(15)30-3)21-25-17(11-20(29)27(21)2)16-6-7-23-13-24-16/h4-7,10-11,13,18H,8-9,12H2,1-3H3/t18-/m1/s1. The summed E-state index contributed by atoms with van der Waals surface area (Å²) in [6.45, 7) is 2.02. The highest BCUT2D eigenvalue weighted by Gasteiger charge is 2.30. The van der Waals surface area contributed by atoms with E-state index in [1.165, 1.54) is 36.2 Å². The van der Waals surface area contributed by atoms with Crippen molar-refractivity contribution in [3.63, 3.8) is 0 Å². The molecule has 1 aromatic carbocycles. The molecule has 0 bridgehead atoms. The molecule has 3 heterocycles. The number of benzene rings is 1. The van der Waals surface area contributed by atoms with E-state index in [1.807, 2.05) is 7.05 Å². The Morgan fingerprint density at radius 2 is 1.97 bits per heavy atom. The molecule has 2 aromatic heterocycles. The first-order valence-electron chi connectivity index (χ1n) is 9.61. The van der Waals surface area contributed by atoms with Crippen LogP contribution < -0.4 is 15.2 Å². The number of nitrogens with zero attached hydrogens (tertiary/aromatic N) is 6. The van der Waals surface area contributed by atoms with Crippen LogP contribution in [0.3, 0.4) is 0 Å². The molecule has 4 rings (SSSR count). The first-order chi connectivity index (χ1) is 14.5. The van der Waals surface area contributed by atoms with Crippen LogP contribution in [-0.2, 0) is 7.05 Å². The Morgan fingerprint density at radius 1 is 1.13 bits per heavy atom. The highest BCUT2D eigenvalue weighted by atomic mass is 19.1. The number of likely N-dealkylation sites (N-methyl/N-ethyl adjacent to an activating group) is 1. The van der Waals surface area contributed by atoms with Crippen LogP contribution >= 0.6 is 0 Å². The second-order valence-electron chi connectivity index (χ2n) is 7.26. The zero-order valence-corrected chi connectivity index (χ0v) is 17.1. The smallest absolute Gasteiger partial charge is 0.255 e. The van der Waals surface area contributed by atoms with Crippen molar-refractivity contribution in [1.82, 2.24) is 24.4 Å². The molecule has 0 amide bonds. The van der Waals surface area contributed by atoms with Gasteiger partial charge in [0.2, 0.25) is 5.95 Å². The van der Waals surface area contributed by atoms with Crippen LogP contribution in [0.25, 0.3) is 11.4 Å². The summed E-state index contributed by atoms with van der Waals surface area (Å²) in [5.41, 5.74) is 1.83. The normalized spacial score (nSPS) is 17.2. The van der Waals surface area contributed by atoms with Crippen LogP contribution in [-0.4, -0.2) is 58.2 Å². The molecule has 30 heavy (non-hydrogen) atoms. The number of hydrogen-bond acceptors (Lipinski definition) is 7. The Kier molecular flexibility index (Phi) is 5.45. The van der Waals surface area contributed by atoms with E-state index in [2.05, 4.69) is 19.8 Å². The Morgan fingerprint density at radius 3 is 2.70 bits per heavy atom. The van der Waals surface area contributed by atoms with Crippen molar-refractivity contribution in [2.24, 2.45) is 7.05 Å². The second kappa shape index (κ2) is 8.19. The molecule has 3 aromatic rings. The highest BCUT2D eigenvalue weighted by Crippen LogP contribution is 2.33. The molecule has 1 aliphatic rings. The van der Waals surface area contributed by atoms with E-state index in [4.69, 9.17) is 9.72 Å². The molecule has 0 radical (unpaired) electrons. The summed E-state index contributed by atoms with van der Waals surface area (Å²) in [5.74, 6) is 0.730. The number of anilines is 1. The van der Waals surface area contributed by atoms with Gasteiger partial charge in [0, 0.05) is 50.6 Å². The van der Waals surface area contributed by atoms with Crippen LogP contribution in [0.5, 0.6) is 5.75 Å². The maximum absolute atomic E-state index is 13.7. The SMILES string of the molecule is COc1cc(F)ccc1[C@H]1CN(c2nc(-c3ccncn3)cc(=O)n2C)CCN1C. The molecule has 0 N–H and O–H groups in total. The zero-order chi connectivity index (χ0) is 21.3. The first kappa shape index (κ1) is 20.0. The lowest BCUT2D eigenvalue weighted by atomic mass is 10.0. The molecule has 1 atom stereocenters. The van der Waals surface area contributed by atoms with Crippen molar-refractivity contribution in [3.05, 3.63) is 64.6 Å². The van der Waals surface area contributed by atoms with Gasteiger partial charge >= 0.3 is 0 Å². The van der Waals surface area contributed by atoms with Crippen molar-refractivity contribution in [1.29, 1.82) is 0 Å². The fourth-order valence-electron chi connectivity index (χ4n) is 3.74. The highest BCUT2D eigenvalue weighted by molar-refractivity contribution is 5.55. The number of ether oxygens (including phenoxy) is 1. The van der Waals surface area contributed by atoms with E-state index in [0.29, 0.717) is 36.2 Å². The van der Waals surface area contributed by atoms with Gasteiger partial charge < -0.3 is 9.64 Å². The third kappa shape index (κ3) is 3.76. The molecule has 0 unspecified atom stereocenters. The van der Waals surface area contributed by atoms with Gasteiger partial charge in [-0.25, -0.2) is 19.3 Å². The summed E-state index contributed by atoms with van der Waals surface area (Å²) in [4.78, 5) is 29.7. The number of rotatable bonds is 4. The third-order valence-electron chi connectivity index (χ3n) is 5.44. The van der Waals surface area contributed by atoms with Crippen LogP contribution in [0.2, 0.25) is 0 Å². The fraction of sp³-hybridized carbons (Fsp3) is 0.333. The van der Waals surface area contributed by atoms with E-state index >= 15 is 0 Å². The predicted octanol–water partition coefficient (Wildman–Crippen LogP) is 1.88. The zero-order valence-electron chi connectivity index (χ0n) is 17.1. The van der Waals surface area contributed by atoms with E-state index in [-0.39, 0.29) is 17.4 Å². The lowest BCUT2D eigenvalue weighted by Gasteiger charge is -2.40. The third-order valence-corrected chi connectivity index (χ3v) is 5.44. The maximum atomic E-state index is 13.7. The first-order valence-corrected chi connectivity index (χ1v) is 9.61. The summed E-state index contributed by atoms with van der Waals surface area (Å²) in [6, 6.07) is 7.74. The molecule has 1 aliphatic heterocycles. The molecule has 0 spiro atoms. The molecular formula is C21H23FN6O2. The topological polar surface area (TPSA) is 76.4 Å². The molecule has 9 heteroatoms. The Bertz CT molecular complexity index is 1100. The quantitative estimate of drug-likeness (QED) is 0.650. The lowest BCUT2D eigenvalue weighted by molar-refractivity contribution is 0.214. The van der Waals surface area contributed by atoms with Crippen molar-refractivity contribution in [2.45, 2.75) is 6.04 Å². The Balaban J connectivity index is 1.72. The molecule has 1 saturated heterocycles. The number of methoxy groups -OCH3 is 1. The van der Waals surface area contributed by atoms with Crippen molar-refractivity contribution >= 4 is 5.95 Å². The summed E-state index contributed by atoms with van der Waals surface area (Å²) in [7, 11) is 5.27. The Labute approximate surface area is 173 Å². The molecule has 0 saturated carbocycles. The van der Waals surface area contributed by atoms with Crippen molar-refractivity contribution in [3.8, 4) is 17.1 Å². The summed E-state index contributed by atoms with van der Waals surface area (Å²) >= 11 is 0. The van der Waals surface area contributed by atoms with Gasteiger partial charge in [0.25, 0.3) is 5.56 Å². The summed E-state index contributed by atoms with van der Waals surface area (Å²) in [5, 5.41) is 0. The Hall–Kier alpha value is -3.33. The van der Waals surface area contributed by atoms with Crippen molar-refractivity contribution in [2.75, 3.05) is 38.7 Å². The fourth-order valence-corrected chi connectivity index (χ4v) is 3.74. The molecule has 1 fully saturated rings. The minimum absolute atomic E-state index is 0.0473. The minimum Gasteiger partial charge on any atom is -0.496 e. The number of piperazine rings is 1. The van der Waals surface area contributed by atoms with Crippen LogP contribution in [0.4, 0.5) is 10.3 Å². The largest absolute Gasteiger partial charge is 0.496 e. The van der Waals surface area contributed by atoms with Gasteiger partial charge in [0.1, 0.15) is 17.9 Å². The van der Waals surface area contributed by atoms with E-state index < -0.39 is 0 Å². The van der Waals surface area contributed by atoms with E-state index in [1.54, 1.807) is 25.4 Å². The minimum atomic E-state index is -0.340. The van der Waals surface area contributed by atoms with Gasteiger partial charge in [0.05, 0.1) is 24.5 Å². The summed E-state index contributed by atoms with van der Waals surface area (Å²) < 4.78 is 20.6. The molecule has 8 nitrogen and oxygen atoms in total. The van der Waals surface area contributed by atoms with E-state index in [0.717, 1.165) is 12.1 Å². The van der Waals surface area contributed by atoms with Crippen LogP contribution in [0.15, 0.2) is 47.7 Å². The second-order valence-corrected chi connectivity index (χ2v) is 7.26. The summed E-state index contributed by atoms with van der Waals surface area (Å²) in [6.07, 6.45) is 3.05. The van der Waals surface area contributed by atoms with Gasteiger partial charge in [-0.05, 0) is 19.2 Å². The predicted molar refractivity (Wildman–Crippen MR) is 111 cm³/mol. The maximum Gasteiger partial charge on any atom is 0.255 e. The van der Waals surface area contributed by atoms with E-state index in [9.17, 15) is 9.18 Å². The van der Waals surface area contributed by atoms with Crippen LogP contribution in [0.1, 0.15) is 11.6 Å². The average Bonchev–Trinajstić information content (AvgIpc) is 2.76.